The number of aryl methyl sites for hydroxylation is 2. The van der Waals surface area contributed by atoms with E-state index in [0.717, 1.165) is 19.4 Å². The Labute approximate surface area is 112 Å². The van der Waals surface area contributed by atoms with Crippen LogP contribution in [0.5, 0.6) is 0 Å². The van der Waals surface area contributed by atoms with E-state index < -0.39 is 0 Å². The first-order valence-electron chi connectivity index (χ1n) is 6.67. The highest BCUT2D eigenvalue weighted by atomic mass is 79.9. The minimum atomic E-state index is 0.382. The molecule has 0 spiro atoms. The van der Waals surface area contributed by atoms with Crippen molar-refractivity contribution in [3.8, 4) is 0 Å². The van der Waals surface area contributed by atoms with E-state index in [2.05, 4.69) is 39.6 Å². The maximum atomic E-state index is 6.16. The van der Waals surface area contributed by atoms with Crippen molar-refractivity contribution in [2.24, 2.45) is 11.7 Å². The molecule has 1 aliphatic carbocycles. The zero-order valence-electron chi connectivity index (χ0n) is 10.7. The van der Waals surface area contributed by atoms with Crippen LogP contribution < -0.4 is 5.73 Å². The predicted octanol–water partition coefficient (Wildman–Crippen LogP) is 2.90. The summed E-state index contributed by atoms with van der Waals surface area (Å²) in [5.41, 5.74) is 8.68. The van der Waals surface area contributed by atoms with E-state index in [1.54, 1.807) is 0 Å². The van der Waals surface area contributed by atoms with Crippen molar-refractivity contribution in [1.82, 2.24) is 9.78 Å². The van der Waals surface area contributed by atoms with Gasteiger partial charge in [-0.15, -0.1) is 0 Å². The van der Waals surface area contributed by atoms with E-state index in [4.69, 9.17) is 5.73 Å². The Hall–Kier alpha value is -0.350. The van der Waals surface area contributed by atoms with Gasteiger partial charge in [0.15, 0.2) is 0 Å². The number of halogens is 1. The van der Waals surface area contributed by atoms with Gasteiger partial charge in [0, 0.05) is 12.6 Å². The van der Waals surface area contributed by atoms with Crippen LogP contribution in [0.4, 0.5) is 0 Å². The molecular formula is C13H22BrN3. The van der Waals surface area contributed by atoms with Crippen molar-refractivity contribution in [3.05, 3.63) is 15.9 Å². The lowest BCUT2D eigenvalue weighted by molar-refractivity contribution is 0.456. The molecule has 1 aromatic rings. The molecule has 2 atom stereocenters. The van der Waals surface area contributed by atoms with Crippen molar-refractivity contribution in [2.45, 2.75) is 58.5 Å². The molecule has 1 aliphatic rings. The number of hydrogen-bond donors (Lipinski definition) is 1. The molecule has 0 bridgehead atoms. The van der Waals surface area contributed by atoms with Crippen LogP contribution >= 0.6 is 15.9 Å². The molecule has 0 aliphatic heterocycles. The predicted molar refractivity (Wildman–Crippen MR) is 74.0 cm³/mol. The van der Waals surface area contributed by atoms with Crippen molar-refractivity contribution in [2.75, 3.05) is 0 Å². The fourth-order valence-electron chi connectivity index (χ4n) is 2.78. The lowest BCUT2D eigenvalue weighted by Crippen LogP contribution is -2.26. The van der Waals surface area contributed by atoms with E-state index in [1.165, 1.54) is 35.1 Å². The largest absolute Gasteiger partial charge is 0.327 e. The Kier molecular flexibility index (Phi) is 4.26. The van der Waals surface area contributed by atoms with Crippen molar-refractivity contribution in [3.63, 3.8) is 0 Å². The minimum absolute atomic E-state index is 0.382. The molecule has 1 aromatic heterocycles. The number of hydrogen-bond acceptors (Lipinski definition) is 2. The van der Waals surface area contributed by atoms with E-state index >= 15 is 0 Å². The van der Waals surface area contributed by atoms with Gasteiger partial charge in [0.1, 0.15) is 0 Å². The summed E-state index contributed by atoms with van der Waals surface area (Å²) in [5, 5.41) is 4.64. The molecule has 1 heterocycles. The second kappa shape index (κ2) is 5.53. The highest BCUT2D eigenvalue weighted by molar-refractivity contribution is 9.10. The molecule has 0 aromatic carbocycles. The van der Waals surface area contributed by atoms with Crippen LogP contribution in [0.15, 0.2) is 4.47 Å². The molecule has 2 unspecified atom stereocenters. The number of nitrogens with two attached hydrogens (primary N) is 1. The maximum Gasteiger partial charge on any atom is 0.0766 e. The number of rotatable bonds is 4. The third-order valence-electron chi connectivity index (χ3n) is 3.87. The lowest BCUT2D eigenvalue weighted by atomic mass is 9.98. The molecule has 4 heteroatoms. The summed E-state index contributed by atoms with van der Waals surface area (Å²) in [5.74, 6) is 0.637. The van der Waals surface area contributed by atoms with Crippen LogP contribution in [0.25, 0.3) is 0 Å². The Morgan fingerprint density at radius 2 is 2.18 bits per heavy atom. The van der Waals surface area contributed by atoms with Gasteiger partial charge in [0.05, 0.1) is 15.9 Å². The van der Waals surface area contributed by atoms with Crippen LogP contribution in [0.3, 0.4) is 0 Å². The highest BCUT2D eigenvalue weighted by Crippen LogP contribution is 2.31. The van der Waals surface area contributed by atoms with E-state index in [0.29, 0.717) is 12.0 Å². The van der Waals surface area contributed by atoms with Crippen LogP contribution in [-0.2, 0) is 19.4 Å². The fraction of sp³-hybridized carbons (Fsp3) is 0.769. The van der Waals surface area contributed by atoms with Gasteiger partial charge in [-0.25, -0.2) is 0 Å². The van der Waals surface area contributed by atoms with Crippen LogP contribution in [-0.4, -0.2) is 15.8 Å². The van der Waals surface area contributed by atoms with Gasteiger partial charge in [-0.2, -0.15) is 5.10 Å². The summed E-state index contributed by atoms with van der Waals surface area (Å²) in [6.07, 6.45) is 5.79. The zero-order valence-corrected chi connectivity index (χ0v) is 12.3. The SMILES string of the molecule is CCc1nn(CC)c(CC2CCCC2N)c1Br. The fourth-order valence-corrected chi connectivity index (χ4v) is 3.51. The first-order chi connectivity index (χ1) is 8.17. The average molecular weight is 300 g/mol. The first-order valence-corrected chi connectivity index (χ1v) is 7.46. The maximum absolute atomic E-state index is 6.16. The van der Waals surface area contributed by atoms with Crippen molar-refractivity contribution >= 4 is 15.9 Å². The number of nitrogens with zero attached hydrogens (tertiary/aromatic N) is 2. The summed E-state index contributed by atoms with van der Waals surface area (Å²) >= 11 is 3.71. The van der Waals surface area contributed by atoms with Crippen LogP contribution in [0.1, 0.15) is 44.5 Å². The van der Waals surface area contributed by atoms with Gasteiger partial charge in [0.25, 0.3) is 0 Å². The van der Waals surface area contributed by atoms with Gasteiger partial charge in [-0.3, -0.25) is 4.68 Å². The highest BCUT2D eigenvalue weighted by Gasteiger charge is 2.26. The lowest BCUT2D eigenvalue weighted by Gasteiger charge is -2.16. The summed E-state index contributed by atoms with van der Waals surface area (Å²) in [6.45, 7) is 5.24. The average Bonchev–Trinajstić information content (AvgIpc) is 2.86. The number of aromatic nitrogens is 2. The minimum Gasteiger partial charge on any atom is -0.327 e. The quantitative estimate of drug-likeness (QED) is 0.929. The van der Waals surface area contributed by atoms with Crippen molar-refractivity contribution in [1.29, 1.82) is 0 Å². The standard InChI is InChI=1S/C13H22BrN3/c1-3-11-13(14)12(17(4-2)16-11)8-9-6-5-7-10(9)15/h9-10H,3-8,15H2,1-2H3. The molecular weight excluding hydrogens is 278 g/mol. The van der Waals surface area contributed by atoms with Gasteiger partial charge in [-0.05, 0) is 54.5 Å². The van der Waals surface area contributed by atoms with Crippen molar-refractivity contribution < 1.29 is 0 Å². The molecule has 0 amide bonds. The Morgan fingerprint density at radius 1 is 1.41 bits per heavy atom. The Morgan fingerprint density at radius 3 is 2.71 bits per heavy atom. The van der Waals surface area contributed by atoms with E-state index in [9.17, 15) is 0 Å². The summed E-state index contributed by atoms with van der Waals surface area (Å²) in [4.78, 5) is 0. The van der Waals surface area contributed by atoms with E-state index in [1.807, 2.05) is 0 Å². The molecule has 3 nitrogen and oxygen atoms in total. The molecule has 1 saturated carbocycles. The molecule has 0 radical (unpaired) electrons. The summed E-state index contributed by atoms with van der Waals surface area (Å²) < 4.78 is 3.34. The topological polar surface area (TPSA) is 43.8 Å². The Bertz CT molecular complexity index is 386. The smallest absolute Gasteiger partial charge is 0.0766 e. The van der Waals surface area contributed by atoms with E-state index in [-0.39, 0.29) is 0 Å². The summed E-state index contributed by atoms with van der Waals surface area (Å²) in [6, 6.07) is 0.382. The summed E-state index contributed by atoms with van der Waals surface area (Å²) in [7, 11) is 0. The van der Waals surface area contributed by atoms with Gasteiger partial charge >= 0.3 is 0 Å². The first kappa shape index (κ1) is 13.1. The molecule has 2 rings (SSSR count). The van der Waals surface area contributed by atoms with Gasteiger partial charge in [-0.1, -0.05) is 13.3 Å². The molecule has 96 valence electrons. The van der Waals surface area contributed by atoms with Crippen LogP contribution in [0, 0.1) is 5.92 Å². The second-order valence-corrected chi connectivity index (χ2v) is 5.73. The molecule has 17 heavy (non-hydrogen) atoms. The van der Waals surface area contributed by atoms with Gasteiger partial charge < -0.3 is 5.73 Å². The van der Waals surface area contributed by atoms with Gasteiger partial charge in [0.2, 0.25) is 0 Å². The third-order valence-corrected chi connectivity index (χ3v) is 4.78. The normalized spacial score (nSPS) is 24.5. The third kappa shape index (κ3) is 2.58. The Balaban J connectivity index is 2.21. The molecule has 1 fully saturated rings. The zero-order chi connectivity index (χ0) is 12.4. The monoisotopic (exact) mass is 299 g/mol. The second-order valence-electron chi connectivity index (χ2n) is 4.94. The molecule has 2 N–H and O–H groups in total. The molecule has 0 saturated heterocycles. The van der Waals surface area contributed by atoms with Crippen LogP contribution in [0.2, 0.25) is 0 Å².